The largest absolute Gasteiger partial charge is 0.478 e. The summed E-state index contributed by atoms with van der Waals surface area (Å²) in [4.78, 5) is 24.1. The Morgan fingerprint density at radius 3 is 2.04 bits per heavy atom. The molecule has 0 saturated heterocycles. The Labute approximate surface area is 156 Å². The van der Waals surface area contributed by atoms with E-state index in [2.05, 4.69) is 37.0 Å². The van der Waals surface area contributed by atoms with Crippen LogP contribution < -0.4 is 16.0 Å². The summed E-state index contributed by atoms with van der Waals surface area (Å²) in [5, 5.41) is 18.2. The number of aromatic carboxylic acids is 1. The first-order valence-corrected chi connectivity index (χ1v) is 8.32. The van der Waals surface area contributed by atoms with Crippen molar-refractivity contribution in [1.29, 1.82) is 0 Å². The third kappa shape index (κ3) is 4.69. The molecule has 0 atom stereocenters. The minimum atomic E-state index is -0.998. The lowest BCUT2D eigenvalue weighted by Crippen LogP contribution is -2.07. The second-order valence-electron chi connectivity index (χ2n) is 6.07. The van der Waals surface area contributed by atoms with Crippen LogP contribution in [0.15, 0.2) is 42.5 Å². The van der Waals surface area contributed by atoms with Gasteiger partial charge in [-0.15, -0.1) is 0 Å². The number of hydrogen-bond acceptors (Lipinski definition) is 7. The van der Waals surface area contributed by atoms with Gasteiger partial charge < -0.3 is 21.1 Å². The zero-order valence-corrected chi connectivity index (χ0v) is 15.2. The summed E-state index contributed by atoms with van der Waals surface area (Å²) >= 11 is 0. The van der Waals surface area contributed by atoms with Crippen LogP contribution in [0.2, 0.25) is 0 Å². The van der Waals surface area contributed by atoms with E-state index in [1.807, 2.05) is 26.0 Å². The topological polar surface area (TPSA) is 112 Å². The van der Waals surface area contributed by atoms with Gasteiger partial charge in [-0.3, -0.25) is 0 Å². The van der Waals surface area contributed by atoms with Gasteiger partial charge in [0.25, 0.3) is 0 Å². The summed E-state index contributed by atoms with van der Waals surface area (Å²) in [6, 6.07) is 12.5. The van der Waals surface area contributed by atoms with Crippen molar-refractivity contribution in [2.45, 2.75) is 13.8 Å². The number of aromatic nitrogens is 3. The van der Waals surface area contributed by atoms with Crippen LogP contribution in [0.1, 0.15) is 21.5 Å². The highest BCUT2D eigenvalue weighted by Crippen LogP contribution is 2.21. The van der Waals surface area contributed by atoms with E-state index in [1.54, 1.807) is 19.2 Å². The molecule has 138 valence electrons. The molecule has 2 aromatic carbocycles. The van der Waals surface area contributed by atoms with Crippen molar-refractivity contribution in [2.75, 3.05) is 23.0 Å². The molecule has 27 heavy (non-hydrogen) atoms. The van der Waals surface area contributed by atoms with Gasteiger partial charge in [0.1, 0.15) is 0 Å². The minimum Gasteiger partial charge on any atom is -0.478 e. The molecule has 0 bridgehead atoms. The molecule has 3 aromatic rings. The van der Waals surface area contributed by atoms with Gasteiger partial charge in [-0.1, -0.05) is 12.1 Å². The average molecular weight is 364 g/mol. The van der Waals surface area contributed by atoms with E-state index in [0.29, 0.717) is 23.5 Å². The number of nitrogens with zero attached hydrogens (tertiary/aromatic N) is 3. The Hall–Kier alpha value is -3.68. The first-order chi connectivity index (χ1) is 12.9. The van der Waals surface area contributed by atoms with Crippen molar-refractivity contribution in [3.05, 3.63) is 59.2 Å². The van der Waals surface area contributed by atoms with Crippen LogP contribution in [0.4, 0.5) is 29.2 Å². The molecule has 0 aliphatic heterocycles. The van der Waals surface area contributed by atoms with E-state index in [4.69, 9.17) is 5.11 Å². The van der Waals surface area contributed by atoms with E-state index >= 15 is 0 Å². The van der Waals surface area contributed by atoms with Crippen LogP contribution in [0.5, 0.6) is 0 Å². The molecule has 3 rings (SSSR count). The lowest BCUT2D eigenvalue weighted by molar-refractivity contribution is 0.0697. The second kappa shape index (κ2) is 7.69. The third-order valence-corrected chi connectivity index (χ3v) is 3.70. The molecule has 0 amide bonds. The Bertz CT molecular complexity index is 969. The van der Waals surface area contributed by atoms with Crippen molar-refractivity contribution in [3.8, 4) is 0 Å². The Morgan fingerprint density at radius 2 is 1.44 bits per heavy atom. The average Bonchev–Trinajstić information content (AvgIpc) is 2.60. The lowest BCUT2D eigenvalue weighted by Gasteiger charge is -2.11. The van der Waals surface area contributed by atoms with Gasteiger partial charge in [-0.05, 0) is 55.3 Å². The number of aryl methyl sites for hydroxylation is 2. The van der Waals surface area contributed by atoms with E-state index in [1.165, 1.54) is 12.1 Å². The summed E-state index contributed by atoms with van der Waals surface area (Å²) < 4.78 is 0. The normalized spacial score (nSPS) is 10.3. The molecule has 8 heteroatoms. The van der Waals surface area contributed by atoms with Gasteiger partial charge in [0.15, 0.2) is 0 Å². The summed E-state index contributed by atoms with van der Waals surface area (Å²) in [7, 11) is 1.71. The number of rotatable bonds is 6. The molecule has 0 spiro atoms. The molecule has 0 fully saturated rings. The van der Waals surface area contributed by atoms with Gasteiger partial charge >= 0.3 is 5.97 Å². The van der Waals surface area contributed by atoms with E-state index in [9.17, 15) is 4.79 Å². The van der Waals surface area contributed by atoms with Gasteiger partial charge in [-0.2, -0.15) is 15.0 Å². The van der Waals surface area contributed by atoms with Crippen molar-refractivity contribution in [3.63, 3.8) is 0 Å². The van der Waals surface area contributed by atoms with Crippen LogP contribution in [0, 0.1) is 13.8 Å². The molecule has 1 heterocycles. The highest BCUT2D eigenvalue weighted by atomic mass is 16.4. The van der Waals surface area contributed by atoms with E-state index in [0.717, 1.165) is 16.8 Å². The smallest absolute Gasteiger partial charge is 0.335 e. The predicted octanol–water partition coefficient (Wildman–Crippen LogP) is 3.72. The molecule has 0 unspecified atom stereocenters. The lowest BCUT2D eigenvalue weighted by atomic mass is 10.1. The summed E-state index contributed by atoms with van der Waals surface area (Å²) in [6.07, 6.45) is 0. The van der Waals surface area contributed by atoms with Crippen molar-refractivity contribution in [2.24, 2.45) is 0 Å². The fraction of sp³-hybridized carbons (Fsp3) is 0.158. The Kier molecular flexibility index (Phi) is 5.16. The van der Waals surface area contributed by atoms with Crippen molar-refractivity contribution < 1.29 is 9.90 Å². The fourth-order valence-corrected chi connectivity index (χ4v) is 2.63. The van der Waals surface area contributed by atoms with Crippen molar-refractivity contribution in [1.82, 2.24) is 15.0 Å². The van der Waals surface area contributed by atoms with E-state index in [-0.39, 0.29) is 5.56 Å². The molecular formula is C19H20N6O2. The first-order valence-electron chi connectivity index (χ1n) is 8.32. The Balaban J connectivity index is 1.89. The van der Waals surface area contributed by atoms with Crippen LogP contribution in [0.25, 0.3) is 0 Å². The highest BCUT2D eigenvalue weighted by Gasteiger charge is 2.09. The number of carbonyl (C=O) groups is 1. The standard InChI is InChI=1S/C19H20N6O2/c1-11-7-12(2)9-15(8-11)22-19-24-17(20-3)23-18(25-19)21-14-6-4-5-13(10-14)16(26)27/h4-10H,1-3H3,(H,26,27)(H3,20,21,22,23,24,25). The maximum atomic E-state index is 11.1. The first kappa shape index (κ1) is 18.1. The zero-order chi connectivity index (χ0) is 19.4. The summed E-state index contributed by atoms with van der Waals surface area (Å²) in [5.41, 5.74) is 3.88. The second-order valence-corrected chi connectivity index (χ2v) is 6.07. The number of nitrogens with one attached hydrogen (secondary N) is 3. The van der Waals surface area contributed by atoms with Gasteiger partial charge in [0.05, 0.1) is 5.56 Å². The molecule has 8 nitrogen and oxygen atoms in total. The zero-order valence-electron chi connectivity index (χ0n) is 15.2. The maximum Gasteiger partial charge on any atom is 0.335 e. The van der Waals surface area contributed by atoms with Gasteiger partial charge in [0, 0.05) is 18.4 Å². The minimum absolute atomic E-state index is 0.177. The monoisotopic (exact) mass is 364 g/mol. The SMILES string of the molecule is CNc1nc(Nc2cc(C)cc(C)c2)nc(Nc2cccc(C(=O)O)c2)n1. The predicted molar refractivity (Wildman–Crippen MR) is 105 cm³/mol. The number of anilines is 5. The quantitative estimate of drug-likeness (QED) is 0.524. The molecule has 0 aliphatic carbocycles. The van der Waals surface area contributed by atoms with Crippen LogP contribution in [-0.2, 0) is 0 Å². The number of carboxylic acid groups (broad SMARTS) is 1. The molecule has 4 N–H and O–H groups in total. The van der Waals surface area contributed by atoms with Crippen molar-refractivity contribution >= 4 is 35.2 Å². The molecule has 0 aliphatic rings. The molecule has 0 radical (unpaired) electrons. The summed E-state index contributed by atoms with van der Waals surface area (Å²) in [5.74, 6) is 0.0520. The highest BCUT2D eigenvalue weighted by molar-refractivity contribution is 5.89. The van der Waals surface area contributed by atoms with Crippen LogP contribution in [0.3, 0.4) is 0 Å². The van der Waals surface area contributed by atoms with Crippen LogP contribution in [-0.4, -0.2) is 33.1 Å². The number of hydrogen-bond donors (Lipinski definition) is 4. The molecular weight excluding hydrogens is 344 g/mol. The van der Waals surface area contributed by atoms with E-state index < -0.39 is 5.97 Å². The van der Waals surface area contributed by atoms with Gasteiger partial charge in [-0.25, -0.2) is 4.79 Å². The number of benzene rings is 2. The summed E-state index contributed by atoms with van der Waals surface area (Å²) in [6.45, 7) is 4.04. The third-order valence-electron chi connectivity index (χ3n) is 3.70. The molecule has 1 aromatic heterocycles. The van der Waals surface area contributed by atoms with Crippen LogP contribution >= 0.6 is 0 Å². The maximum absolute atomic E-state index is 11.1. The number of carboxylic acids is 1. The Morgan fingerprint density at radius 1 is 0.852 bits per heavy atom. The van der Waals surface area contributed by atoms with Gasteiger partial charge in [0.2, 0.25) is 17.8 Å². The fourth-order valence-electron chi connectivity index (χ4n) is 2.63. The molecule has 0 saturated carbocycles.